The number of benzene rings is 1. The molecular formula is C23H32N4O10S. The fraction of sp³-hybridized carbons (Fsp3) is 0.478. The number of carbonyl (C=O) groups is 6. The number of aromatic hydroxyl groups is 1. The van der Waals surface area contributed by atoms with Gasteiger partial charge in [0.1, 0.15) is 23.9 Å². The van der Waals surface area contributed by atoms with Gasteiger partial charge in [0.25, 0.3) is 0 Å². The zero-order valence-electron chi connectivity index (χ0n) is 20.6. The highest BCUT2D eigenvalue weighted by Gasteiger charge is 2.31. The van der Waals surface area contributed by atoms with Gasteiger partial charge in [0.05, 0.1) is 12.5 Å². The van der Waals surface area contributed by atoms with Crippen LogP contribution in [0.5, 0.6) is 5.75 Å². The molecule has 1 aromatic rings. The van der Waals surface area contributed by atoms with Crippen LogP contribution >= 0.6 is 11.8 Å². The number of rotatable bonds is 17. The molecule has 0 spiro atoms. The summed E-state index contributed by atoms with van der Waals surface area (Å²) in [7, 11) is 0. The topological polar surface area (TPSA) is 245 Å². The van der Waals surface area contributed by atoms with Gasteiger partial charge in [0.15, 0.2) is 0 Å². The number of nitrogens with one attached hydrogen (secondary N) is 3. The van der Waals surface area contributed by atoms with Crippen LogP contribution < -0.4 is 21.7 Å². The van der Waals surface area contributed by atoms with Crippen LogP contribution in [-0.4, -0.2) is 92.2 Å². The van der Waals surface area contributed by atoms with Crippen molar-refractivity contribution in [3.63, 3.8) is 0 Å². The number of carboxylic acids is 3. The largest absolute Gasteiger partial charge is 0.508 e. The molecule has 4 atom stereocenters. The lowest BCUT2D eigenvalue weighted by atomic mass is 10.0. The van der Waals surface area contributed by atoms with E-state index in [1.807, 2.05) is 0 Å². The lowest BCUT2D eigenvalue weighted by molar-refractivity contribution is -0.144. The molecule has 1 aromatic carbocycles. The predicted molar refractivity (Wildman–Crippen MR) is 135 cm³/mol. The van der Waals surface area contributed by atoms with Gasteiger partial charge in [-0.2, -0.15) is 11.8 Å². The first-order valence-corrected chi connectivity index (χ1v) is 12.8. The van der Waals surface area contributed by atoms with Crippen LogP contribution in [0.1, 0.15) is 31.2 Å². The highest BCUT2D eigenvalue weighted by atomic mass is 32.2. The fourth-order valence-electron chi connectivity index (χ4n) is 3.19. The standard InChI is InChI=1S/C23H32N4O10S/c1-38-9-8-15(23(36)37)25-22(35)17(11-19(31)32)27-21(34)16(10-12-2-4-13(28)5-3-12)26-20(33)14(24)6-7-18(29)30/h2-5,14-17,28H,6-11,24H2,1H3,(H,25,35)(H,26,33)(H,27,34)(H,29,30)(H,31,32)(H,36,37). The van der Waals surface area contributed by atoms with E-state index in [1.54, 1.807) is 6.26 Å². The quantitative estimate of drug-likeness (QED) is 0.114. The Bertz CT molecular complexity index is 1000. The molecule has 0 aliphatic heterocycles. The van der Waals surface area contributed by atoms with Crippen molar-refractivity contribution in [1.82, 2.24) is 16.0 Å². The number of hydrogen-bond acceptors (Lipinski definition) is 9. The van der Waals surface area contributed by atoms with Gasteiger partial charge in [-0.1, -0.05) is 12.1 Å². The SMILES string of the molecule is CSCCC(NC(=O)C(CC(=O)O)NC(=O)C(Cc1ccc(O)cc1)NC(=O)C(N)CCC(=O)O)C(=O)O. The summed E-state index contributed by atoms with van der Waals surface area (Å²) in [6.07, 6.45) is 0.159. The summed E-state index contributed by atoms with van der Waals surface area (Å²) in [5.74, 6) is -6.47. The van der Waals surface area contributed by atoms with Gasteiger partial charge < -0.3 is 42.1 Å². The second kappa shape index (κ2) is 16.1. The Morgan fingerprint density at radius 2 is 1.37 bits per heavy atom. The monoisotopic (exact) mass is 556 g/mol. The van der Waals surface area contributed by atoms with E-state index in [1.165, 1.54) is 36.0 Å². The Morgan fingerprint density at radius 3 is 1.89 bits per heavy atom. The molecule has 9 N–H and O–H groups in total. The number of carbonyl (C=O) groups excluding carboxylic acids is 3. The molecule has 0 aromatic heterocycles. The van der Waals surface area contributed by atoms with Gasteiger partial charge in [-0.3, -0.25) is 24.0 Å². The summed E-state index contributed by atoms with van der Waals surface area (Å²) in [6.45, 7) is 0. The second-order valence-electron chi connectivity index (χ2n) is 8.31. The Hall–Kier alpha value is -3.85. The molecular weight excluding hydrogens is 524 g/mol. The molecule has 210 valence electrons. The molecule has 3 amide bonds. The van der Waals surface area contributed by atoms with Crippen LogP contribution in [-0.2, 0) is 35.2 Å². The minimum atomic E-state index is -1.67. The van der Waals surface area contributed by atoms with Crippen molar-refractivity contribution >= 4 is 47.4 Å². The minimum absolute atomic E-state index is 0.0536. The average molecular weight is 557 g/mol. The maximum absolute atomic E-state index is 13.1. The molecule has 0 aliphatic rings. The van der Waals surface area contributed by atoms with E-state index in [0.29, 0.717) is 11.3 Å². The van der Waals surface area contributed by atoms with E-state index in [0.717, 1.165) is 0 Å². The molecule has 4 unspecified atom stereocenters. The molecule has 0 bridgehead atoms. The van der Waals surface area contributed by atoms with Crippen LogP contribution in [0.2, 0.25) is 0 Å². The van der Waals surface area contributed by atoms with E-state index < -0.39 is 72.6 Å². The number of carboxylic acid groups (broad SMARTS) is 3. The lowest BCUT2D eigenvalue weighted by Crippen LogP contribution is -2.58. The normalized spacial score (nSPS) is 13.8. The van der Waals surface area contributed by atoms with Gasteiger partial charge in [-0.25, -0.2) is 4.79 Å². The van der Waals surface area contributed by atoms with Crippen molar-refractivity contribution in [2.45, 2.75) is 56.3 Å². The zero-order chi connectivity index (χ0) is 28.8. The van der Waals surface area contributed by atoms with E-state index in [9.17, 15) is 44.1 Å². The Kier molecular flexibility index (Phi) is 13.6. The van der Waals surface area contributed by atoms with E-state index >= 15 is 0 Å². The van der Waals surface area contributed by atoms with Crippen molar-refractivity contribution in [3.8, 4) is 5.75 Å². The molecule has 0 radical (unpaired) electrons. The van der Waals surface area contributed by atoms with Crippen LogP contribution in [0.4, 0.5) is 0 Å². The van der Waals surface area contributed by atoms with Crippen molar-refractivity contribution in [2.24, 2.45) is 5.73 Å². The minimum Gasteiger partial charge on any atom is -0.508 e. The zero-order valence-corrected chi connectivity index (χ0v) is 21.4. The van der Waals surface area contributed by atoms with Gasteiger partial charge in [0, 0.05) is 12.8 Å². The third-order valence-electron chi connectivity index (χ3n) is 5.25. The molecule has 0 fully saturated rings. The summed E-state index contributed by atoms with van der Waals surface area (Å²) in [4.78, 5) is 72.0. The van der Waals surface area contributed by atoms with Gasteiger partial charge >= 0.3 is 17.9 Å². The third-order valence-corrected chi connectivity index (χ3v) is 5.90. The predicted octanol–water partition coefficient (Wildman–Crippen LogP) is -1.11. The Labute approximate surface area is 222 Å². The first-order valence-electron chi connectivity index (χ1n) is 11.4. The van der Waals surface area contributed by atoms with Gasteiger partial charge in [-0.15, -0.1) is 0 Å². The lowest BCUT2D eigenvalue weighted by Gasteiger charge is -2.24. The summed E-state index contributed by atoms with van der Waals surface area (Å²) in [6, 6.07) is -0.0178. The Balaban J connectivity index is 3.12. The molecule has 38 heavy (non-hydrogen) atoms. The average Bonchev–Trinajstić information content (AvgIpc) is 2.84. The summed E-state index contributed by atoms with van der Waals surface area (Å²) < 4.78 is 0. The highest BCUT2D eigenvalue weighted by Crippen LogP contribution is 2.12. The number of aliphatic carboxylic acids is 3. The molecule has 0 aliphatic carbocycles. The molecule has 0 heterocycles. The third kappa shape index (κ3) is 11.9. The molecule has 15 heteroatoms. The number of phenols is 1. The van der Waals surface area contributed by atoms with Crippen molar-refractivity contribution in [1.29, 1.82) is 0 Å². The van der Waals surface area contributed by atoms with Crippen LogP contribution in [0, 0.1) is 0 Å². The number of phenolic OH excluding ortho intramolecular Hbond substituents is 1. The number of thioether (sulfide) groups is 1. The first kappa shape index (κ1) is 32.2. The van der Waals surface area contributed by atoms with E-state index in [-0.39, 0.29) is 25.0 Å². The van der Waals surface area contributed by atoms with Gasteiger partial charge in [0.2, 0.25) is 17.7 Å². The second-order valence-corrected chi connectivity index (χ2v) is 9.30. The summed E-state index contributed by atoms with van der Waals surface area (Å²) >= 11 is 1.35. The molecule has 14 nitrogen and oxygen atoms in total. The molecule has 1 rings (SSSR count). The van der Waals surface area contributed by atoms with Crippen LogP contribution in [0.15, 0.2) is 24.3 Å². The van der Waals surface area contributed by atoms with Crippen LogP contribution in [0.25, 0.3) is 0 Å². The first-order chi connectivity index (χ1) is 17.8. The molecule has 0 saturated heterocycles. The maximum atomic E-state index is 13.1. The fourth-order valence-corrected chi connectivity index (χ4v) is 3.66. The van der Waals surface area contributed by atoms with E-state index in [2.05, 4.69) is 16.0 Å². The smallest absolute Gasteiger partial charge is 0.326 e. The summed E-state index contributed by atoms with van der Waals surface area (Å²) in [5.41, 5.74) is 6.20. The van der Waals surface area contributed by atoms with Crippen molar-refractivity contribution in [3.05, 3.63) is 29.8 Å². The molecule has 0 saturated carbocycles. The number of hydrogen-bond donors (Lipinski definition) is 8. The van der Waals surface area contributed by atoms with Crippen LogP contribution in [0.3, 0.4) is 0 Å². The van der Waals surface area contributed by atoms with Gasteiger partial charge in [-0.05, 0) is 42.5 Å². The highest BCUT2D eigenvalue weighted by molar-refractivity contribution is 7.98. The van der Waals surface area contributed by atoms with E-state index in [4.69, 9.17) is 10.8 Å². The van der Waals surface area contributed by atoms with Crippen molar-refractivity contribution in [2.75, 3.05) is 12.0 Å². The maximum Gasteiger partial charge on any atom is 0.326 e. The summed E-state index contributed by atoms with van der Waals surface area (Å²) in [5, 5.41) is 43.7. The number of amides is 3. The Morgan fingerprint density at radius 1 is 0.816 bits per heavy atom. The number of nitrogens with two attached hydrogens (primary N) is 1. The van der Waals surface area contributed by atoms with Crippen molar-refractivity contribution < 1.29 is 49.2 Å².